The summed E-state index contributed by atoms with van der Waals surface area (Å²) >= 11 is 0. The maximum Gasteiger partial charge on any atom is 0.315 e. The first-order valence-electron chi connectivity index (χ1n) is 8.37. The van der Waals surface area contributed by atoms with Gasteiger partial charge in [-0.3, -0.25) is 0 Å². The van der Waals surface area contributed by atoms with E-state index in [1.165, 1.54) is 10.9 Å². The molecule has 4 heteroatoms. The van der Waals surface area contributed by atoms with Crippen molar-refractivity contribution in [2.24, 2.45) is 0 Å². The molecule has 3 rings (SSSR count). The third-order valence-electron chi connectivity index (χ3n) is 4.16. The van der Waals surface area contributed by atoms with Crippen molar-refractivity contribution in [2.45, 2.75) is 13.0 Å². The number of benzene rings is 3. The lowest BCUT2D eigenvalue weighted by Gasteiger charge is -2.10. The Labute approximate surface area is 147 Å². The van der Waals surface area contributed by atoms with Crippen LogP contribution >= 0.6 is 0 Å². The minimum Gasteiger partial charge on any atom is -0.497 e. The third-order valence-corrected chi connectivity index (χ3v) is 4.16. The van der Waals surface area contributed by atoms with Crippen molar-refractivity contribution in [3.8, 4) is 5.75 Å². The lowest BCUT2D eigenvalue weighted by molar-refractivity contribution is 0.240. The van der Waals surface area contributed by atoms with Crippen LogP contribution in [0, 0.1) is 0 Å². The van der Waals surface area contributed by atoms with Gasteiger partial charge in [0, 0.05) is 13.1 Å². The van der Waals surface area contributed by atoms with Crippen LogP contribution in [0.1, 0.15) is 11.1 Å². The summed E-state index contributed by atoms with van der Waals surface area (Å²) in [5.41, 5.74) is 2.28. The summed E-state index contributed by atoms with van der Waals surface area (Å²) in [5.74, 6) is 0.841. The van der Waals surface area contributed by atoms with E-state index in [1.54, 1.807) is 7.11 Å². The predicted molar refractivity (Wildman–Crippen MR) is 101 cm³/mol. The molecule has 2 amide bonds. The quantitative estimate of drug-likeness (QED) is 0.718. The molecule has 25 heavy (non-hydrogen) atoms. The topological polar surface area (TPSA) is 50.4 Å². The van der Waals surface area contributed by atoms with Crippen LogP contribution in [0.4, 0.5) is 4.79 Å². The Morgan fingerprint density at radius 1 is 0.960 bits per heavy atom. The average Bonchev–Trinajstić information content (AvgIpc) is 2.67. The number of carbonyl (C=O) groups is 1. The molecule has 0 spiro atoms. The van der Waals surface area contributed by atoms with Crippen molar-refractivity contribution in [3.63, 3.8) is 0 Å². The first-order chi connectivity index (χ1) is 12.3. The van der Waals surface area contributed by atoms with E-state index in [4.69, 9.17) is 4.74 Å². The first kappa shape index (κ1) is 16.8. The van der Waals surface area contributed by atoms with Crippen molar-refractivity contribution in [1.82, 2.24) is 10.6 Å². The molecule has 0 atom stereocenters. The smallest absolute Gasteiger partial charge is 0.315 e. The summed E-state index contributed by atoms with van der Waals surface area (Å²) < 4.78 is 5.31. The zero-order chi connectivity index (χ0) is 17.5. The second-order valence-electron chi connectivity index (χ2n) is 5.85. The van der Waals surface area contributed by atoms with Gasteiger partial charge in [0.15, 0.2) is 0 Å². The van der Waals surface area contributed by atoms with Gasteiger partial charge < -0.3 is 15.4 Å². The molecule has 0 saturated carbocycles. The van der Waals surface area contributed by atoms with Crippen LogP contribution in [0.5, 0.6) is 5.75 Å². The van der Waals surface area contributed by atoms with Crippen LogP contribution in [0.25, 0.3) is 10.8 Å². The standard InChI is InChI=1S/C21H22N2O2/c1-25-19-11-10-17-8-5-9-18(20(17)14-19)12-13-22-21(24)23-15-16-6-3-2-4-7-16/h2-11,14H,12-13,15H2,1H3,(H2,22,23,24). The maximum absolute atomic E-state index is 11.9. The Hall–Kier alpha value is -3.01. The number of ether oxygens (including phenoxy) is 1. The van der Waals surface area contributed by atoms with E-state index in [9.17, 15) is 4.79 Å². The van der Waals surface area contributed by atoms with Crippen LogP contribution in [-0.2, 0) is 13.0 Å². The van der Waals surface area contributed by atoms with Crippen LogP contribution < -0.4 is 15.4 Å². The van der Waals surface area contributed by atoms with Crippen LogP contribution in [-0.4, -0.2) is 19.7 Å². The number of hydrogen-bond donors (Lipinski definition) is 2. The highest BCUT2D eigenvalue weighted by Crippen LogP contribution is 2.24. The number of amides is 2. The molecule has 0 fully saturated rings. The molecule has 3 aromatic carbocycles. The van der Waals surface area contributed by atoms with Gasteiger partial charge in [0.2, 0.25) is 0 Å². The van der Waals surface area contributed by atoms with Gasteiger partial charge in [0.1, 0.15) is 5.75 Å². The SMILES string of the molecule is COc1ccc2cccc(CCNC(=O)NCc3ccccc3)c2c1. The number of urea groups is 1. The van der Waals surface area contributed by atoms with Crippen LogP contribution in [0.15, 0.2) is 66.7 Å². The van der Waals surface area contributed by atoms with Crippen molar-refractivity contribution in [3.05, 3.63) is 77.9 Å². The highest BCUT2D eigenvalue weighted by molar-refractivity contribution is 5.87. The van der Waals surface area contributed by atoms with Crippen molar-refractivity contribution in [2.75, 3.05) is 13.7 Å². The zero-order valence-electron chi connectivity index (χ0n) is 14.3. The summed E-state index contributed by atoms with van der Waals surface area (Å²) in [6.45, 7) is 1.11. The summed E-state index contributed by atoms with van der Waals surface area (Å²) in [4.78, 5) is 11.9. The van der Waals surface area contributed by atoms with Gasteiger partial charge in [-0.05, 0) is 40.5 Å². The minimum absolute atomic E-state index is 0.151. The minimum atomic E-state index is -0.151. The van der Waals surface area contributed by atoms with E-state index in [-0.39, 0.29) is 6.03 Å². The lowest BCUT2D eigenvalue weighted by Crippen LogP contribution is -2.36. The summed E-state index contributed by atoms with van der Waals surface area (Å²) in [5, 5.41) is 8.12. The fourth-order valence-corrected chi connectivity index (χ4v) is 2.81. The normalized spacial score (nSPS) is 10.4. The van der Waals surface area contributed by atoms with Crippen molar-refractivity contribution >= 4 is 16.8 Å². The highest BCUT2D eigenvalue weighted by Gasteiger charge is 2.04. The average molecular weight is 334 g/mol. The first-order valence-corrected chi connectivity index (χ1v) is 8.37. The van der Waals surface area contributed by atoms with E-state index < -0.39 is 0 Å². The number of hydrogen-bond acceptors (Lipinski definition) is 2. The molecule has 128 valence electrons. The second-order valence-corrected chi connectivity index (χ2v) is 5.85. The van der Waals surface area contributed by atoms with Gasteiger partial charge in [0.05, 0.1) is 7.11 Å². The summed E-state index contributed by atoms with van der Waals surface area (Å²) in [7, 11) is 1.67. The van der Waals surface area contributed by atoms with Gasteiger partial charge in [-0.15, -0.1) is 0 Å². The molecule has 0 unspecified atom stereocenters. The number of rotatable bonds is 6. The molecular weight excluding hydrogens is 312 g/mol. The molecule has 2 N–H and O–H groups in total. The molecule has 0 aliphatic carbocycles. The summed E-state index contributed by atoms with van der Waals surface area (Å²) in [6.07, 6.45) is 0.767. The fourth-order valence-electron chi connectivity index (χ4n) is 2.81. The Bertz CT molecular complexity index is 847. The Morgan fingerprint density at radius 3 is 2.60 bits per heavy atom. The Kier molecular flexibility index (Phi) is 5.52. The molecule has 0 bridgehead atoms. The second kappa shape index (κ2) is 8.20. The van der Waals surface area contributed by atoms with E-state index in [1.807, 2.05) is 48.5 Å². The molecule has 0 aliphatic rings. The Balaban J connectivity index is 1.55. The maximum atomic E-state index is 11.9. The van der Waals surface area contributed by atoms with Crippen LogP contribution in [0.2, 0.25) is 0 Å². The zero-order valence-corrected chi connectivity index (χ0v) is 14.3. The largest absolute Gasteiger partial charge is 0.497 e. The molecule has 3 aromatic rings. The molecule has 0 aliphatic heterocycles. The summed E-state index contributed by atoms with van der Waals surface area (Å²) in [6, 6.07) is 22.0. The molecular formula is C21H22N2O2. The van der Waals surface area contributed by atoms with Crippen molar-refractivity contribution < 1.29 is 9.53 Å². The number of fused-ring (bicyclic) bond motifs is 1. The molecule has 0 radical (unpaired) electrons. The molecule has 4 nitrogen and oxygen atoms in total. The Morgan fingerprint density at radius 2 is 1.80 bits per heavy atom. The number of carbonyl (C=O) groups excluding carboxylic acids is 1. The number of methoxy groups -OCH3 is 1. The molecule has 0 heterocycles. The van der Waals surface area contributed by atoms with Gasteiger partial charge in [-0.2, -0.15) is 0 Å². The third kappa shape index (κ3) is 4.51. The van der Waals surface area contributed by atoms with E-state index >= 15 is 0 Å². The van der Waals surface area contributed by atoms with Crippen LogP contribution in [0.3, 0.4) is 0 Å². The van der Waals surface area contributed by atoms with E-state index in [0.29, 0.717) is 13.1 Å². The monoisotopic (exact) mass is 334 g/mol. The number of nitrogens with one attached hydrogen (secondary N) is 2. The predicted octanol–water partition coefficient (Wildman–Crippen LogP) is 3.89. The van der Waals surface area contributed by atoms with E-state index in [2.05, 4.69) is 28.8 Å². The van der Waals surface area contributed by atoms with Gasteiger partial charge in [0.25, 0.3) is 0 Å². The fraction of sp³-hybridized carbons (Fsp3) is 0.190. The van der Waals surface area contributed by atoms with Gasteiger partial charge >= 0.3 is 6.03 Å². The highest BCUT2D eigenvalue weighted by atomic mass is 16.5. The van der Waals surface area contributed by atoms with Crippen molar-refractivity contribution in [1.29, 1.82) is 0 Å². The van der Waals surface area contributed by atoms with Gasteiger partial charge in [-0.1, -0.05) is 54.6 Å². The lowest BCUT2D eigenvalue weighted by atomic mass is 10.0. The van der Waals surface area contributed by atoms with Gasteiger partial charge in [-0.25, -0.2) is 4.79 Å². The molecule has 0 aromatic heterocycles. The van der Waals surface area contributed by atoms with E-state index in [0.717, 1.165) is 23.1 Å². The molecule has 0 saturated heterocycles.